The number of aromatic nitrogens is 4. The molecule has 3 N–H and O–H groups in total. The average molecular weight is 426 g/mol. The van der Waals surface area contributed by atoms with Crippen molar-refractivity contribution in [3.05, 3.63) is 66.1 Å². The van der Waals surface area contributed by atoms with Gasteiger partial charge in [0.1, 0.15) is 5.82 Å². The van der Waals surface area contributed by atoms with Crippen molar-refractivity contribution < 1.29 is 4.79 Å². The third-order valence-corrected chi connectivity index (χ3v) is 6.02. The molecule has 2 aliphatic rings. The lowest BCUT2D eigenvalue weighted by Gasteiger charge is -2.29. The monoisotopic (exact) mass is 426 g/mol. The van der Waals surface area contributed by atoms with Gasteiger partial charge in [0.25, 0.3) is 5.91 Å². The molecule has 0 radical (unpaired) electrons. The molecule has 0 atom stereocenters. The van der Waals surface area contributed by atoms with Gasteiger partial charge in [0.05, 0.1) is 35.0 Å². The molecule has 1 amide bonds. The lowest BCUT2D eigenvalue weighted by atomic mass is 9.98. The molecule has 0 aliphatic carbocycles. The predicted octanol–water partition coefficient (Wildman–Crippen LogP) is 2.19. The molecule has 2 aliphatic heterocycles. The Hall–Kier alpha value is -3.98. The zero-order valence-electron chi connectivity index (χ0n) is 17.4. The van der Waals surface area contributed by atoms with Gasteiger partial charge < -0.3 is 20.9 Å². The second kappa shape index (κ2) is 7.61. The number of nitrogens with zero attached hydrogens (tertiary/aromatic N) is 5. The SMILES string of the molecule is O=C1NCc2c(-c3ccnc4ccnn34)ccc(Nc3ccc(N4CCNCC4)cn3)c21. The molecule has 0 unspecified atom stereocenters. The zero-order valence-corrected chi connectivity index (χ0v) is 17.4. The lowest BCUT2D eigenvalue weighted by Crippen LogP contribution is -2.43. The van der Waals surface area contributed by atoms with Crippen LogP contribution < -0.4 is 20.9 Å². The van der Waals surface area contributed by atoms with Crippen molar-refractivity contribution in [2.24, 2.45) is 0 Å². The van der Waals surface area contributed by atoms with E-state index >= 15 is 0 Å². The van der Waals surface area contributed by atoms with Crippen molar-refractivity contribution in [1.82, 2.24) is 30.2 Å². The summed E-state index contributed by atoms with van der Waals surface area (Å²) in [5.41, 5.74) is 6.07. The van der Waals surface area contributed by atoms with Gasteiger partial charge in [-0.2, -0.15) is 5.10 Å². The van der Waals surface area contributed by atoms with Crippen molar-refractivity contribution >= 4 is 28.7 Å². The maximum Gasteiger partial charge on any atom is 0.254 e. The van der Waals surface area contributed by atoms with Crippen LogP contribution in [0, 0.1) is 0 Å². The fourth-order valence-corrected chi connectivity index (χ4v) is 4.44. The third-order valence-electron chi connectivity index (χ3n) is 6.02. The van der Waals surface area contributed by atoms with Gasteiger partial charge in [-0.25, -0.2) is 14.5 Å². The highest BCUT2D eigenvalue weighted by Gasteiger charge is 2.27. The van der Waals surface area contributed by atoms with Crippen LogP contribution in [0.3, 0.4) is 0 Å². The van der Waals surface area contributed by atoms with Crippen LogP contribution in [0.25, 0.3) is 16.9 Å². The molecule has 9 heteroatoms. The molecule has 3 aromatic heterocycles. The quantitative estimate of drug-likeness (QED) is 0.460. The van der Waals surface area contributed by atoms with E-state index in [9.17, 15) is 4.79 Å². The normalized spacial score (nSPS) is 15.6. The second-order valence-electron chi connectivity index (χ2n) is 7.89. The van der Waals surface area contributed by atoms with E-state index in [1.165, 1.54) is 0 Å². The molecule has 5 heterocycles. The summed E-state index contributed by atoms with van der Waals surface area (Å²) < 4.78 is 1.79. The van der Waals surface area contributed by atoms with Gasteiger partial charge in [-0.15, -0.1) is 0 Å². The Kier molecular flexibility index (Phi) is 4.46. The number of pyridine rings is 1. The Morgan fingerprint density at radius 1 is 0.969 bits per heavy atom. The predicted molar refractivity (Wildman–Crippen MR) is 122 cm³/mol. The fourth-order valence-electron chi connectivity index (χ4n) is 4.44. The summed E-state index contributed by atoms with van der Waals surface area (Å²) in [6.07, 6.45) is 5.37. The van der Waals surface area contributed by atoms with Gasteiger partial charge in [-0.1, -0.05) is 6.07 Å². The van der Waals surface area contributed by atoms with Gasteiger partial charge in [0, 0.05) is 50.6 Å². The molecule has 1 saturated heterocycles. The van der Waals surface area contributed by atoms with E-state index < -0.39 is 0 Å². The van der Waals surface area contributed by atoms with Gasteiger partial charge in [-0.05, 0) is 29.8 Å². The number of fused-ring (bicyclic) bond motifs is 2. The van der Waals surface area contributed by atoms with Crippen LogP contribution >= 0.6 is 0 Å². The molecule has 4 aromatic rings. The molecule has 160 valence electrons. The molecular weight excluding hydrogens is 404 g/mol. The summed E-state index contributed by atoms with van der Waals surface area (Å²) in [5, 5.41) is 14.0. The molecule has 1 fully saturated rings. The topological polar surface area (TPSA) is 99.5 Å². The van der Waals surface area contributed by atoms with Crippen molar-refractivity contribution in [1.29, 1.82) is 0 Å². The van der Waals surface area contributed by atoms with E-state index in [0.717, 1.165) is 60.0 Å². The maximum absolute atomic E-state index is 12.7. The Morgan fingerprint density at radius 3 is 2.72 bits per heavy atom. The Balaban J connectivity index is 1.34. The van der Waals surface area contributed by atoms with E-state index in [-0.39, 0.29) is 5.91 Å². The number of anilines is 3. The highest BCUT2D eigenvalue weighted by Crippen LogP contribution is 2.35. The minimum absolute atomic E-state index is 0.0902. The zero-order chi connectivity index (χ0) is 21.5. The molecule has 0 bridgehead atoms. The minimum atomic E-state index is -0.0902. The van der Waals surface area contributed by atoms with E-state index in [0.29, 0.717) is 17.9 Å². The van der Waals surface area contributed by atoms with Crippen molar-refractivity contribution in [2.75, 3.05) is 36.4 Å². The number of amides is 1. The molecule has 0 saturated carbocycles. The van der Waals surface area contributed by atoms with E-state index in [1.54, 1.807) is 16.9 Å². The number of hydrogen-bond acceptors (Lipinski definition) is 7. The molecular formula is C23H22N8O. The highest BCUT2D eigenvalue weighted by molar-refractivity contribution is 6.06. The van der Waals surface area contributed by atoms with E-state index in [4.69, 9.17) is 0 Å². The molecule has 1 aromatic carbocycles. The van der Waals surface area contributed by atoms with Gasteiger partial charge in [0.2, 0.25) is 0 Å². The second-order valence-corrected chi connectivity index (χ2v) is 7.89. The van der Waals surface area contributed by atoms with Crippen LogP contribution in [0.1, 0.15) is 15.9 Å². The Labute approximate surface area is 184 Å². The van der Waals surface area contributed by atoms with Crippen LogP contribution in [0.4, 0.5) is 17.2 Å². The Morgan fingerprint density at radius 2 is 1.88 bits per heavy atom. The standard InChI is InChI=1S/C23H22N8O/c32-23-22-17(14-27-23)16(19-5-7-25-21-6-8-28-31(19)21)2-3-18(22)29-20-4-1-15(13-26-20)30-11-9-24-10-12-30/h1-8,13,24H,9-12,14H2,(H,26,29)(H,27,32). The highest BCUT2D eigenvalue weighted by atomic mass is 16.1. The Bertz CT molecular complexity index is 1310. The first-order valence-corrected chi connectivity index (χ1v) is 10.7. The maximum atomic E-state index is 12.7. The summed E-state index contributed by atoms with van der Waals surface area (Å²) >= 11 is 0. The summed E-state index contributed by atoms with van der Waals surface area (Å²) in [4.78, 5) is 24.0. The van der Waals surface area contributed by atoms with Crippen molar-refractivity contribution in [3.8, 4) is 11.3 Å². The smallest absolute Gasteiger partial charge is 0.254 e. The van der Waals surface area contributed by atoms with Crippen molar-refractivity contribution in [2.45, 2.75) is 6.54 Å². The van der Waals surface area contributed by atoms with Gasteiger partial charge in [0.15, 0.2) is 5.65 Å². The minimum Gasteiger partial charge on any atom is -0.368 e. The number of rotatable bonds is 4. The number of carbonyl (C=O) groups excluding carboxylic acids is 1. The first-order chi connectivity index (χ1) is 15.8. The first-order valence-electron chi connectivity index (χ1n) is 10.7. The van der Waals surface area contributed by atoms with E-state index in [2.05, 4.69) is 42.0 Å². The fraction of sp³-hybridized carbons (Fsp3) is 0.217. The summed E-state index contributed by atoms with van der Waals surface area (Å²) in [7, 11) is 0. The first kappa shape index (κ1) is 18.8. The van der Waals surface area contributed by atoms with Crippen LogP contribution in [0.5, 0.6) is 0 Å². The number of piperazine rings is 1. The number of hydrogen-bond donors (Lipinski definition) is 3. The van der Waals surface area contributed by atoms with Crippen molar-refractivity contribution in [3.63, 3.8) is 0 Å². The largest absolute Gasteiger partial charge is 0.368 e. The molecule has 0 spiro atoms. The number of nitrogens with one attached hydrogen (secondary N) is 3. The summed E-state index contributed by atoms with van der Waals surface area (Å²) in [5.74, 6) is 0.615. The van der Waals surface area contributed by atoms with Crippen LogP contribution in [0.2, 0.25) is 0 Å². The number of carbonyl (C=O) groups is 1. The molecule has 9 nitrogen and oxygen atoms in total. The number of benzene rings is 1. The van der Waals surface area contributed by atoms with Crippen LogP contribution in [0.15, 0.2) is 55.0 Å². The van der Waals surface area contributed by atoms with Crippen LogP contribution in [-0.2, 0) is 6.54 Å². The third kappa shape index (κ3) is 3.14. The summed E-state index contributed by atoms with van der Waals surface area (Å²) in [6, 6.07) is 11.8. The van der Waals surface area contributed by atoms with Crippen LogP contribution in [-0.4, -0.2) is 51.7 Å². The van der Waals surface area contributed by atoms with E-state index in [1.807, 2.05) is 36.5 Å². The summed E-state index contributed by atoms with van der Waals surface area (Å²) in [6.45, 7) is 4.38. The molecule has 6 rings (SSSR count). The lowest BCUT2D eigenvalue weighted by molar-refractivity contribution is 0.0966. The molecule has 32 heavy (non-hydrogen) atoms. The van der Waals surface area contributed by atoms with Gasteiger partial charge in [-0.3, -0.25) is 4.79 Å². The average Bonchev–Trinajstić information content (AvgIpc) is 3.48. The van der Waals surface area contributed by atoms with Gasteiger partial charge >= 0.3 is 0 Å².